The van der Waals surface area contributed by atoms with E-state index in [4.69, 9.17) is 0 Å². The van der Waals surface area contributed by atoms with Gasteiger partial charge in [0.05, 0.1) is 23.8 Å². The van der Waals surface area contributed by atoms with Crippen molar-refractivity contribution >= 4 is 23.5 Å². The maximum absolute atomic E-state index is 10.7. The van der Waals surface area contributed by atoms with Crippen LogP contribution in [-0.4, -0.2) is 23.5 Å². The van der Waals surface area contributed by atoms with Gasteiger partial charge < -0.3 is 19.8 Å². The van der Waals surface area contributed by atoms with E-state index in [0.29, 0.717) is 0 Å². The maximum atomic E-state index is 10.7. The summed E-state index contributed by atoms with van der Waals surface area (Å²) in [5, 5.41) is 20.3. The Morgan fingerprint density at radius 2 is 1.10 bits per heavy atom. The Balaban J connectivity index is 0.000000364. The fourth-order valence-corrected chi connectivity index (χ4v) is 1.44. The standard InChI is InChI=1S/2C7H6O3.Zn/c2*8-6-4-2-1-3-5(6)7(9)10;/h2*1-5H,(H,9,10);/q;;+2/p-2. The normalized spacial score (nSPS) is 22.1. The largest absolute Gasteiger partial charge is 2.00 e. The van der Waals surface area contributed by atoms with Crippen LogP contribution in [0.3, 0.4) is 0 Å². The molecule has 0 saturated heterocycles. The van der Waals surface area contributed by atoms with Crippen LogP contribution in [0.4, 0.5) is 0 Å². The SMILES string of the molecule is O=C([O-])C1C=CC=CC1=O.O=C([O-])C1C=CC=CC1=O.[Zn+2]. The van der Waals surface area contributed by atoms with Gasteiger partial charge in [-0.2, -0.15) is 0 Å². The summed E-state index contributed by atoms with van der Waals surface area (Å²) in [7, 11) is 0. The number of aliphatic carboxylic acids is 2. The molecule has 104 valence electrons. The van der Waals surface area contributed by atoms with Gasteiger partial charge in [0.1, 0.15) is 0 Å². The molecular formula is C14H10O6Zn. The molecule has 0 radical (unpaired) electrons. The van der Waals surface area contributed by atoms with Crippen LogP contribution in [-0.2, 0) is 38.7 Å². The fourth-order valence-electron chi connectivity index (χ4n) is 1.44. The van der Waals surface area contributed by atoms with Crippen LogP contribution in [0.25, 0.3) is 0 Å². The Morgan fingerprint density at radius 3 is 1.29 bits per heavy atom. The predicted molar refractivity (Wildman–Crippen MR) is 63.6 cm³/mol. The van der Waals surface area contributed by atoms with Crippen molar-refractivity contribution < 1.29 is 48.9 Å². The average molecular weight is 340 g/mol. The van der Waals surface area contributed by atoms with E-state index in [2.05, 4.69) is 0 Å². The number of ketones is 2. The van der Waals surface area contributed by atoms with E-state index >= 15 is 0 Å². The smallest absolute Gasteiger partial charge is 0.549 e. The number of carboxylic acid groups (broad SMARTS) is 2. The van der Waals surface area contributed by atoms with Gasteiger partial charge in [-0.1, -0.05) is 36.5 Å². The molecule has 2 unspecified atom stereocenters. The van der Waals surface area contributed by atoms with Crippen LogP contribution in [0, 0.1) is 11.8 Å². The predicted octanol–water partition coefficient (Wildman–Crippen LogP) is -1.91. The number of rotatable bonds is 2. The first kappa shape index (κ1) is 18.9. The van der Waals surface area contributed by atoms with Crippen molar-refractivity contribution in [2.75, 3.05) is 0 Å². The van der Waals surface area contributed by atoms with Crippen molar-refractivity contribution in [2.45, 2.75) is 0 Å². The second kappa shape index (κ2) is 8.92. The van der Waals surface area contributed by atoms with Crippen molar-refractivity contribution in [3.8, 4) is 0 Å². The molecule has 0 aliphatic heterocycles. The number of hydrogen-bond donors (Lipinski definition) is 0. The topological polar surface area (TPSA) is 114 Å². The van der Waals surface area contributed by atoms with E-state index in [9.17, 15) is 29.4 Å². The molecule has 0 spiro atoms. The summed E-state index contributed by atoms with van der Waals surface area (Å²) >= 11 is 0. The summed E-state index contributed by atoms with van der Waals surface area (Å²) in [4.78, 5) is 41.6. The first-order valence-corrected chi connectivity index (χ1v) is 5.62. The Labute approximate surface area is 133 Å². The third-order valence-electron chi connectivity index (χ3n) is 2.47. The molecule has 0 N–H and O–H groups in total. The Bertz CT molecular complexity index is 506. The van der Waals surface area contributed by atoms with Crippen LogP contribution >= 0.6 is 0 Å². The molecule has 0 heterocycles. The van der Waals surface area contributed by atoms with Gasteiger partial charge in [0.2, 0.25) is 0 Å². The number of carbonyl (C=O) groups is 4. The molecule has 21 heavy (non-hydrogen) atoms. The van der Waals surface area contributed by atoms with Crippen LogP contribution in [0.15, 0.2) is 48.6 Å². The van der Waals surface area contributed by atoms with Gasteiger partial charge in [-0.05, 0) is 12.2 Å². The summed E-state index contributed by atoms with van der Waals surface area (Å²) in [6.45, 7) is 0. The summed E-state index contributed by atoms with van der Waals surface area (Å²) in [6, 6.07) is 0. The van der Waals surface area contributed by atoms with Crippen molar-refractivity contribution in [1.82, 2.24) is 0 Å². The third-order valence-corrected chi connectivity index (χ3v) is 2.47. The van der Waals surface area contributed by atoms with Crippen molar-refractivity contribution in [1.29, 1.82) is 0 Å². The Morgan fingerprint density at radius 1 is 0.762 bits per heavy atom. The van der Waals surface area contributed by atoms with Crippen LogP contribution in [0.2, 0.25) is 0 Å². The van der Waals surface area contributed by atoms with Gasteiger partial charge in [-0.3, -0.25) is 9.59 Å². The minimum Gasteiger partial charge on any atom is -0.549 e. The van der Waals surface area contributed by atoms with Crippen LogP contribution in [0.5, 0.6) is 0 Å². The zero-order valence-electron chi connectivity index (χ0n) is 10.9. The minimum atomic E-state index is -1.34. The second-order valence-electron chi connectivity index (χ2n) is 3.89. The van der Waals surface area contributed by atoms with Gasteiger partial charge in [0.25, 0.3) is 0 Å². The minimum absolute atomic E-state index is 0. The molecule has 2 atom stereocenters. The van der Waals surface area contributed by atoms with Gasteiger partial charge in [-0.25, -0.2) is 0 Å². The first-order valence-electron chi connectivity index (χ1n) is 5.62. The van der Waals surface area contributed by atoms with E-state index < -0.39 is 35.3 Å². The zero-order chi connectivity index (χ0) is 15.1. The molecule has 0 aromatic rings. The van der Waals surface area contributed by atoms with Gasteiger partial charge in [-0.15, -0.1) is 0 Å². The summed E-state index contributed by atoms with van der Waals surface area (Å²) in [5.74, 6) is -5.70. The van der Waals surface area contributed by atoms with E-state index in [1.807, 2.05) is 0 Å². The molecule has 2 rings (SSSR count). The Hall–Kier alpha value is -2.14. The molecule has 2 aliphatic rings. The second-order valence-corrected chi connectivity index (χ2v) is 3.89. The van der Waals surface area contributed by atoms with E-state index in [-0.39, 0.29) is 19.5 Å². The summed E-state index contributed by atoms with van der Waals surface area (Å²) in [5.41, 5.74) is 0. The molecule has 0 aromatic heterocycles. The first-order chi connectivity index (χ1) is 9.43. The van der Waals surface area contributed by atoms with Crippen LogP contribution in [0.1, 0.15) is 0 Å². The van der Waals surface area contributed by atoms with Gasteiger partial charge >= 0.3 is 19.5 Å². The average Bonchev–Trinajstić information content (AvgIpc) is 2.40. The summed E-state index contributed by atoms with van der Waals surface area (Å²) < 4.78 is 0. The number of carboxylic acids is 2. The fraction of sp³-hybridized carbons (Fsp3) is 0.143. The maximum Gasteiger partial charge on any atom is 2.00 e. The van der Waals surface area contributed by atoms with Gasteiger partial charge in [0, 0.05) is 0 Å². The number of carbonyl (C=O) groups excluding carboxylic acids is 4. The molecule has 0 fully saturated rings. The van der Waals surface area contributed by atoms with Crippen LogP contribution < -0.4 is 10.2 Å². The molecule has 0 bridgehead atoms. The van der Waals surface area contributed by atoms with Gasteiger partial charge in [0.15, 0.2) is 11.6 Å². The summed E-state index contributed by atoms with van der Waals surface area (Å²) in [6.07, 6.45) is 11.1. The van der Waals surface area contributed by atoms with E-state index in [0.717, 1.165) is 0 Å². The molecule has 0 aromatic carbocycles. The molecule has 6 nitrogen and oxygen atoms in total. The van der Waals surface area contributed by atoms with Crippen molar-refractivity contribution in [3.63, 3.8) is 0 Å². The van der Waals surface area contributed by atoms with Crippen molar-refractivity contribution in [3.05, 3.63) is 48.6 Å². The van der Waals surface area contributed by atoms with E-state index in [1.165, 1.54) is 48.6 Å². The Kier molecular flexibility index (Phi) is 8.01. The number of allylic oxidation sites excluding steroid dienone is 6. The number of hydrogen-bond acceptors (Lipinski definition) is 6. The quantitative estimate of drug-likeness (QED) is 0.428. The molecule has 7 heteroatoms. The van der Waals surface area contributed by atoms with Crippen molar-refractivity contribution in [2.24, 2.45) is 11.8 Å². The molecule has 0 saturated carbocycles. The molecule has 0 amide bonds. The third kappa shape index (κ3) is 5.79. The zero-order valence-corrected chi connectivity index (χ0v) is 13.9. The monoisotopic (exact) mass is 338 g/mol. The molecular weight excluding hydrogens is 330 g/mol. The van der Waals surface area contributed by atoms with E-state index in [1.54, 1.807) is 0 Å². The molecule has 2 aliphatic carbocycles.